The van der Waals surface area contributed by atoms with Crippen LogP contribution in [0, 0.1) is 17.8 Å². The van der Waals surface area contributed by atoms with E-state index < -0.39 is 0 Å². The Labute approximate surface area is 160 Å². The van der Waals surface area contributed by atoms with Crippen molar-refractivity contribution in [1.29, 1.82) is 0 Å². The Bertz CT molecular complexity index is 949. The Balaban J connectivity index is 1.36. The molecule has 1 unspecified atom stereocenters. The van der Waals surface area contributed by atoms with Gasteiger partial charge in [0.05, 0.1) is 11.7 Å². The van der Waals surface area contributed by atoms with Gasteiger partial charge >= 0.3 is 0 Å². The lowest BCUT2D eigenvalue weighted by molar-refractivity contribution is 0.167. The number of aliphatic hydroxyl groups excluding tert-OH is 1. The van der Waals surface area contributed by atoms with Crippen LogP contribution in [0.3, 0.4) is 0 Å². The van der Waals surface area contributed by atoms with Crippen LogP contribution in [0.4, 0.5) is 0 Å². The van der Waals surface area contributed by atoms with Crippen molar-refractivity contribution in [3.8, 4) is 11.8 Å². The second kappa shape index (κ2) is 8.39. The van der Waals surface area contributed by atoms with Crippen LogP contribution in [0.1, 0.15) is 29.5 Å². The number of fused-ring (bicyclic) bond motifs is 1. The van der Waals surface area contributed by atoms with E-state index in [2.05, 4.69) is 57.3 Å². The molecule has 0 aliphatic carbocycles. The van der Waals surface area contributed by atoms with Crippen molar-refractivity contribution in [2.45, 2.75) is 25.8 Å². The van der Waals surface area contributed by atoms with Crippen molar-refractivity contribution < 1.29 is 5.11 Å². The van der Waals surface area contributed by atoms with E-state index in [1.807, 2.05) is 18.3 Å². The first-order valence-corrected chi connectivity index (χ1v) is 9.63. The van der Waals surface area contributed by atoms with Gasteiger partial charge in [-0.15, -0.1) is 0 Å². The van der Waals surface area contributed by atoms with Crippen molar-refractivity contribution in [2.24, 2.45) is 5.92 Å². The van der Waals surface area contributed by atoms with E-state index in [-0.39, 0.29) is 6.61 Å². The summed E-state index contributed by atoms with van der Waals surface area (Å²) < 4.78 is 0. The largest absolute Gasteiger partial charge is 0.384 e. The fraction of sp³-hybridized carbons (Fsp3) is 0.348. The molecule has 0 saturated carbocycles. The summed E-state index contributed by atoms with van der Waals surface area (Å²) >= 11 is 0. The predicted molar refractivity (Wildman–Crippen MR) is 108 cm³/mol. The zero-order chi connectivity index (χ0) is 18.5. The fourth-order valence-corrected chi connectivity index (χ4v) is 4.01. The molecule has 27 heavy (non-hydrogen) atoms. The summed E-state index contributed by atoms with van der Waals surface area (Å²) in [4.78, 5) is 2.57. The zero-order valence-electron chi connectivity index (χ0n) is 15.5. The van der Waals surface area contributed by atoms with Gasteiger partial charge < -0.3 is 5.11 Å². The Kier molecular flexibility index (Phi) is 5.53. The molecule has 2 aromatic carbocycles. The molecule has 3 aromatic rings. The molecular weight excluding hydrogens is 334 g/mol. The molecule has 1 fully saturated rings. The summed E-state index contributed by atoms with van der Waals surface area (Å²) in [6.07, 6.45) is 5.60. The van der Waals surface area contributed by atoms with E-state index in [0.717, 1.165) is 30.6 Å². The number of aliphatic hydroxyl groups is 1. The highest BCUT2D eigenvalue weighted by Crippen LogP contribution is 2.24. The summed E-state index contributed by atoms with van der Waals surface area (Å²) in [6, 6.07) is 15.0. The van der Waals surface area contributed by atoms with Gasteiger partial charge in [0.15, 0.2) is 0 Å². The van der Waals surface area contributed by atoms with Crippen LogP contribution in [0.25, 0.3) is 10.9 Å². The molecule has 4 nitrogen and oxygen atoms in total. The maximum atomic E-state index is 8.79. The molecule has 4 heteroatoms. The maximum absolute atomic E-state index is 8.79. The number of aromatic amines is 1. The monoisotopic (exact) mass is 359 g/mol. The van der Waals surface area contributed by atoms with Crippen molar-refractivity contribution in [2.75, 3.05) is 19.7 Å². The van der Waals surface area contributed by atoms with Crippen molar-refractivity contribution in [1.82, 2.24) is 15.1 Å². The van der Waals surface area contributed by atoms with E-state index in [4.69, 9.17) is 5.11 Å². The molecule has 2 heterocycles. The number of piperidine rings is 1. The van der Waals surface area contributed by atoms with Crippen LogP contribution in [-0.4, -0.2) is 39.9 Å². The Morgan fingerprint density at radius 2 is 2.00 bits per heavy atom. The van der Waals surface area contributed by atoms with Crippen LogP contribution in [0.2, 0.25) is 0 Å². The summed E-state index contributed by atoms with van der Waals surface area (Å²) in [5.41, 5.74) is 4.79. The average molecular weight is 359 g/mol. The van der Waals surface area contributed by atoms with Gasteiger partial charge in [-0.25, -0.2) is 0 Å². The van der Waals surface area contributed by atoms with Gasteiger partial charge in [0, 0.05) is 24.0 Å². The first-order chi connectivity index (χ1) is 13.3. The molecule has 1 aromatic heterocycles. The minimum absolute atomic E-state index is 0.0928. The lowest BCUT2D eigenvalue weighted by Gasteiger charge is -2.33. The highest BCUT2D eigenvalue weighted by atomic mass is 16.2. The molecule has 0 bridgehead atoms. The number of hydrogen-bond acceptors (Lipinski definition) is 3. The molecule has 2 N–H and O–H groups in total. The first-order valence-electron chi connectivity index (χ1n) is 9.63. The molecule has 1 aliphatic rings. The van der Waals surface area contributed by atoms with E-state index in [1.165, 1.54) is 35.9 Å². The molecule has 0 amide bonds. The third kappa shape index (κ3) is 4.57. The van der Waals surface area contributed by atoms with Gasteiger partial charge in [-0.1, -0.05) is 30.0 Å². The van der Waals surface area contributed by atoms with E-state index in [9.17, 15) is 0 Å². The second-order valence-electron chi connectivity index (χ2n) is 7.40. The third-order valence-electron chi connectivity index (χ3n) is 5.30. The summed E-state index contributed by atoms with van der Waals surface area (Å²) in [5.74, 6) is 6.35. The van der Waals surface area contributed by atoms with Crippen LogP contribution < -0.4 is 0 Å². The Hall–Kier alpha value is -2.61. The van der Waals surface area contributed by atoms with Gasteiger partial charge in [0.25, 0.3) is 0 Å². The van der Waals surface area contributed by atoms with Crippen LogP contribution in [0.5, 0.6) is 0 Å². The predicted octanol–water partition coefficient (Wildman–Crippen LogP) is 3.36. The van der Waals surface area contributed by atoms with E-state index in [0.29, 0.717) is 5.92 Å². The molecule has 1 saturated heterocycles. The van der Waals surface area contributed by atoms with Gasteiger partial charge in [-0.2, -0.15) is 5.10 Å². The van der Waals surface area contributed by atoms with Crippen LogP contribution in [0.15, 0.2) is 48.7 Å². The molecular formula is C23H25N3O. The number of H-pyrrole nitrogens is 1. The first kappa shape index (κ1) is 17.8. The van der Waals surface area contributed by atoms with Gasteiger partial charge in [-0.05, 0) is 67.1 Å². The standard InChI is InChI=1S/C23H25N3O/c27-12-2-4-18-5-7-19(8-6-18)16-26-11-1-3-21(17-26)13-20-9-10-23-22(14-20)15-24-25-23/h5-10,14-15,21,27H,1,3,11-13,16-17H2,(H,24,25). The third-order valence-corrected chi connectivity index (χ3v) is 5.30. The minimum Gasteiger partial charge on any atom is -0.384 e. The minimum atomic E-state index is -0.0928. The normalized spacial score (nSPS) is 17.6. The summed E-state index contributed by atoms with van der Waals surface area (Å²) in [5, 5.41) is 17.1. The van der Waals surface area contributed by atoms with Crippen molar-refractivity contribution in [3.63, 3.8) is 0 Å². The number of benzene rings is 2. The number of aromatic nitrogens is 2. The van der Waals surface area contributed by atoms with Crippen molar-refractivity contribution >= 4 is 10.9 Å². The topological polar surface area (TPSA) is 52.1 Å². The van der Waals surface area contributed by atoms with Gasteiger partial charge in [0.1, 0.15) is 6.61 Å². The Morgan fingerprint density at radius 3 is 2.85 bits per heavy atom. The number of nitrogens with one attached hydrogen (secondary N) is 1. The Morgan fingerprint density at radius 1 is 1.15 bits per heavy atom. The number of nitrogens with zero attached hydrogens (tertiary/aromatic N) is 2. The number of rotatable bonds is 4. The zero-order valence-corrected chi connectivity index (χ0v) is 15.5. The van der Waals surface area contributed by atoms with Gasteiger partial charge in [-0.3, -0.25) is 10.00 Å². The van der Waals surface area contributed by atoms with E-state index in [1.54, 1.807) is 0 Å². The lowest BCUT2D eigenvalue weighted by atomic mass is 9.90. The quantitative estimate of drug-likeness (QED) is 0.703. The SMILES string of the molecule is OCC#Cc1ccc(CN2CCCC(Cc3ccc4[nH]ncc4c3)C2)cc1. The number of hydrogen-bond donors (Lipinski definition) is 2. The second-order valence-corrected chi connectivity index (χ2v) is 7.40. The highest BCUT2D eigenvalue weighted by Gasteiger charge is 2.20. The van der Waals surface area contributed by atoms with Crippen molar-refractivity contribution in [3.05, 3.63) is 65.4 Å². The summed E-state index contributed by atoms with van der Waals surface area (Å²) in [6.45, 7) is 3.22. The molecule has 138 valence electrons. The lowest BCUT2D eigenvalue weighted by Crippen LogP contribution is -2.35. The van der Waals surface area contributed by atoms with Gasteiger partial charge in [0.2, 0.25) is 0 Å². The summed E-state index contributed by atoms with van der Waals surface area (Å²) in [7, 11) is 0. The molecule has 4 rings (SSSR count). The van der Waals surface area contributed by atoms with Crippen LogP contribution in [-0.2, 0) is 13.0 Å². The smallest absolute Gasteiger partial charge is 0.104 e. The van der Waals surface area contributed by atoms with E-state index >= 15 is 0 Å². The molecule has 1 aliphatic heterocycles. The maximum Gasteiger partial charge on any atom is 0.104 e. The fourth-order valence-electron chi connectivity index (χ4n) is 4.01. The molecule has 0 spiro atoms. The number of likely N-dealkylation sites (tertiary alicyclic amines) is 1. The molecule has 1 atom stereocenters. The van der Waals surface area contributed by atoms with Crippen LogP contribution >= 0.6 is 0 Å². The highest BCUT2D eigenvalue weighted by molar-refractivity contribution is 5.78. The average Bonchev–Trinajstić information content (AvgIpc) is 3.16. The molecule has 0 radical (unpaired) electrons.